The number of para-hydroxylation sites is 1. The fourth-order valence-corrected chi connectivity index (χ4v) is 5.05. The molecule has 0 bridgehead atoms. The number of hydrogen-bond acceptors (Lipinski definition) is 2. The highest BCUT2D eigenvalue weighted by Crippen LogP contribution is 2.44. The van der Waals surface area contributed by atoms with Gasteiger partial charge in [-0.3, -0.25) is 4.79 Å². The van der Waals surface area contributed by atoms with E-state index in [1.54, 1.807) is 11.3 Å². The third-order valence-corrected chi connectivity index (χ3v) is 6.02. The monoisotopic (exact) mass is 305 g/mol. The maximum absolute atomic E-state index is 12.6. The molecule has 3 aromatic rings. The normalized spacial score (nSPS) is 18.9. The SMILES string of the molecule is O=C1C[C@@H]2CCn3c2c1c1ccccc1sc1ccccc13. The molecular weight excluding hydrogens is 290 g/mol. The van der Waals surface area contributed by atoms with Crippen LogP contribution < -0.4 is 0 Å². The predicted octanol–water partition coefficient (Wildman–Crippen LogP) is 5.05. The van der Waals surface area contributed by atoms with Crippen LogP contribution in [0.5, 0.6) is 0 Å². The number of carbonyl (C=O) groups excluding carboxylic acids is 1. The van der Waals surface area contributed by atoms with Crippen molar-refractivity contribution in [3.8, 4) is 0 Å². The minimum atomic E-state index is 0.317. The van der Waals surface area contributed by atoms with Gasteiger partial charge in [0.15, 0.2) is 5.78 Å². The second kappa shape index (κ2) is 4.43. The predicted molar refractivity (Wildman–Crippen MR) is 91.3 cm³/mol. The quantitative estimate of drug-likeness (QED) is 0.569. The van der Waals surface area contributed by atoms with Crippen molar-refractivity contribution in [3.05, 3.63) is 59.8 Å². The smallest absolute Gasteiger partial charge is 0.165 e. The number of carbonyl (C=O) groups is 1. The Labute approximate surface area is 132 Å². The van der Waals surface area contributed by atoms with Crippen molar-refractivity contribution >= 4 is 37.4 Å². The number of fused-ring (bicyclic) bond motifs is 4. The molecule has 0 saturated heterocycles. The van der Waals surface area contributed by atoms with Crippen LogP contribution >= 0.6 is 11.3 Å². The lowest BCUT2D eigenvalue weighted by Crippen LogP contribution is -2.01. The number of ketones is 1. The number of aryl methyl sites for hydroxylation is 1. The Morgan fingerprint density at radius 2 is 1.77 bits per heavy atom. The first-order valence-electron chi connectivity index (χ1n) is 7.74. The van der Waals surface area contributed by atoms with Crippen molar-refractivity contribution < 1.29 is 4.79 Å². The molecule has 1 atom stereocenters. The van der Waals surface area contributed by atoms with Crippen molar-refractivity contribution in [2.24, 2.45) is 0 Å². The molecule has 0 unspecified atom stereocenters. The van der Waals surface area contributed by atoms with E-state index in [-0.39, 0.29) is 0 Å². The molecule has 2 nitrogen and oxygen atoms in total. The Bertz CT molecular complexity index is 993. The Morgan fingerprint density at radius 1 is 1.00 bits per heavy atom. The third kappa shape index (κ3) is 1.57. The van der Waals surface area contributed by atoms with Gasteiger partial charge < -0.3 is 4.57 Å². The second-order valence-corrected chi connectivity index (χ2v) is 7.17. The van der Waals surface area contributed by atoms with Gasteiger partial charge in [0.05, 0.1) is 10.2 Å². The molecule has 22 heavy (non-hydrogen) atoms. The molecule has 0 fully saturated rings. The van der Waals surface area contributed by atoms with Gasteiger partial charge in [0.25, 0.3) is 0 Å². The van der Waals surface area contributed by atoms with Crippen LogP contribution in [0.2, 0.25) is 0 Å². The Balaban J connectivity index is 2.12. The van der Waals surface area contributed by atoms with Crippen molar-refractivity contribution in [2.75, 3.05) is 0 Å². The summed E-state index contributed by atoms with van der Waals surface area (Å²) in [4.78, 5) is 12.6. The maximum atomic E-state index is 12.6. The van der Waals surface area contributed by atoms with E-state index in [1.807, 2.05) is 6.07 Å². The standard InChI is InChI=1S/C19H15NOS/c21-15-11-12-9-10-20-14-6-2-4-8-17(14)22-16-7-3-1-5-13(16)18(15)19(12)20/h1-8,12H,9-11H2/t12-/m0/s1. The van der Waals surface area contributed by atoms with E-state index in [9.17, 15) is 4.79 Å². The van der Waals surface area contributed by atoms with Crippen LogP contribution in [0.1, 0.15) is 34.8 Å². The Hall–Kier alpha value is -2.13. The molecule has 2 heterocycles. The van der Waals surface area contributed by atoms with Gasteiger partial charge >= 0.3 is 0 Å². The van der Waals surface area contributed by atoms with E-state index >= 15 is 0 Å². The van der Waals surface area contributed by atoms with Crippen LogP contribution in [0.25, 0.3) is 20.3 Å². The average Bonchev–Trinajstić information content (AvgIpc) is 3.04. The van der Waals surface area contributed by atoms with E-state index in [0.29, 0.717) is 18.1 Å². The molecule has 1 aromatic heterocycles. The molecule has 2 aromatic carbocycles. The van der Waals surface area contributed by atoms with Gasteiger partial charge in [0, 0.05) is 40.2 Å². The minimum Gasteiger partial charge on any atom is -0.343 e. The molecular formula is C19H15NOS. The zero-order valence-electron chi connectivity index (χ0n) is 12.1. The summed E-state index contributed by atoms with van der Waals surface area (Å²) in [6, 6.07) is 16.9. The van der Waals surface area contributed by atoms with Crippen LogP contribution in [-0.2, 0) is 6.54 Å². The van der Waals surface area contributed by atoms with Crippen LogP contribution in [0.3, 0.4) is 0 Å². The molecule has 108 valence electrons. The van der Waals surface area contributed by atoms with E-state index in [0.717, 1.165) is 23.9 Å². The summed E-state index contributed by atoms with van der Waals surface area (Å²) in [7, 11) is 0. The van der Waals surface area contributed by atoms with Gasteiger partial charge in [0.1, 0.15) is 0 Å². The zero-order valence-corrected chi connectivity index (χ0v) is 12.9. The van der Waals surface area contributed by atoms with Gasteiger partial charge in [-0.05, 0) is 24.6 Å². The topological polar surface area (TPSA) is 22.0 Å². The fourth-order valence-electron chi connectivity index (χ4n) is 3.95. The third-order valence-electron chi connectivity index (χ3n) is 4.88. The molecule has 0 saturated carbocycles. The molecule has 0 spiro atoms. The van der Waals surface area contributed by atoms with E-state index < -0.39 is 0 Å². The first kappa shape index (κ1) is 12.4. The molecule has 2 aliphatic rings. The number of rotatable bonds is 0. The molecule has 3 heteroatoms. The van der Waals surface area contributed by atoms with Crippen LogP contribution in [-0.4, -0.2) is 10.4 Å². The summed E-state index contributed by atoms with van der Waals surface area (Å²) in [5, 5.41) is 1.12. The van der Waals surface area contributed by atoms with Gasteiger partial charge in [-0.15, -0.1) is 11.3 Å². The first-order valence-corrected chi connectivity index (χ1v) is 8.56. The van der Waals surface area contributed by atoms with Crippen molar-refractivity contribution in [1.82, 2.24) is 4.57 Å². The number of hydrogen-bond donors (Lipinski definition) is 0. The van der Waals surface area contributed by atoms with Crippen LogP contribution in [0.4, 0.5) is 0 Å². The summed E-state index contributed by atoms with van der Waals surface area (Å²) in [6.45, 7) is 1.02. The highest BCUT2D eigenvalue weighted by Gasteiger charge is 2.36. The number of benzene rings is 2. The van der Waals surface area contributed by atoms with E-state index in [1.165, 1.54) is 20.6 Å². The number of nitrogens with zero attached hydrogens (tertiary/aromatic N) is 1. The lowest BCUT2D eigenvalue weighted by atomic mass is 10.1. The lowest BCUT2D eigenvalue weighted by Gasteiger charge is -2.10. The minimum absolute atomic E-state index is 0.317. The highest BCUT2D eigenvalue weighted by molar-refractivity contribution is 7.24. The molecule has 0 radical (unpaired) electrons. The summed E-state index contributed by atoms with van der Waals surface area (Å²) in [6.07, 6.45) is 1.77. The second-order valence-electron chi connectivity index (χ2n) is 6.09. The van der Waals surface area contributed by atoms with Crippen molar-refractivity contribution in [3.63, 3.8) is 0 Å². The molecule has 5 rings (SSSR count). The van der Waals surface area contributed by atoms with Gasteiger partial charge in [-0.2, -0.15) is 0 Å². The van der Waals surface area contributed by atoms with Crippen molar-refractivity contribution in [1.29, 1.82) is 0 Å². The Morgan fingerprint density at radius 3 is 2.68 bits per heavy atom. The molecule has 1 aliphatic heterocycles. The maximum Gasteiger partial charge on any atom is 0.165 e. The molecule has 0 N–H and O–H groups in total. The summed E-state index contributed by atoms with van der Waals surface area (Å²) >= 11 is 1.78. The zero-order chi connectivity index (χ0) is 14.7. The van der Waals surface area contributed by atoms with Gasteiger partial charge in [0.2, 0.25) is 0 Å². The fraction of sp³-hybridized carbons (Fsp3) is 0.211. The van der Waals surface area contributed by atoms with Crippen LogP contribution in [0.15, 0.2) is 48.5 Å². The molecule has 1 aliphatic carbocycles. The lowest BCUT2D eigenvalue weighted by molar-refractivity contribution is 0.0989. The summed E-state index contributed by atoms with van der Waals surface area (Å²) < 4.78 is 4.86. The van der Waals surface area contributed by atoms with Crippen LogP contribution in [0, 0.1) is 0 Å². The van der Waals surface area contributed by atoms with E-state index in [2.05, 4.69) is 47.0 Å². The van der Waals surface area contributed by atoms with Crippen molar-refractivity contribution in [2.45, 2.75) is 25.3 Å². The largest absolute Gasteiger partial charge is 0.343 e. The molecule has 0 amide bonds. The highest BCUT2D eigenvalue weighted by atomic mass is 32.1. The summed E-state index contributed by atoms with van der Waals surface area (Å²) in [5.41, 5.74) is 3.50. The van der Waals surface area contributed by atoms with E-state index in [4.69, 9.17) is 0 Å². The average molecular weight is 305 g/mol. The number of Topliss-reactive ketones (excluding diaryl/α,β-unsaturated/α-hetero) is 1. The number of aromatic nitrogens is 1. The Kier molecular flexibility index (Phi) is 2.50. The summed E-state index contributed by atoms with van der Waals surface area (Å²) in [5.74, 6) is 0.726. The first-order chi connectivity index (χ1) is 10.8. The van der Waals surface area contributed by atoms with Gasteiger partial charge in [-0.25, -0.2) is 0 Å². The van der Waals surface area contributed by atoms with Gasteiger partial charge in [-0.1, -0.05) is 30.3 Å².